The molecule has 0 bridgehead atoms. The Kier molecular flexibility index (Phi) is 4.66. The van der Waals surface area contributed by atoms with Crippen LogP contribution in [0.5, 0.6) is 0 Å². The van der Waals surface area contributed by atoms with Gasteiger partial charge in [-0.25, -0.2) is 4.79 Å². The highest BCUT2D eigenvalue weighted by Gasteiger charge is 2.41. The van der Waals surface area contributed by atoms with Crippen LogP contribution < -0.4 is 0 Å². The molecule has 0 fully saturated rings. The summed E-state index contributed by atoms with van der Waals surface area (Å²) in [5.74, 6) is 0.0835. The van der Waals surface area contributed by atoms with E-state index < -0.39 is 5.60 Å². The van der Waals surface area contributed by atoms with Crippen molar-refractivity contribution in [2.75, 3.05) is 6.61 Å². The molecule has 1 aromatic carbocycles. The summed E-state index contributed by atoms with van der Waals surface area (Å²) in [5, 5.41) is 0. The molecular formula is C20H22O5. The van der Waals surface area contributed by atoms with Crippen LogP contribution in [0.4, 0.5) is 0 Å². The third kappa shape index (κ3) is 3.76. The molecule has 5 nitrogen and oxygen atoms in total. The summed E-state index contributed by atoms with van der Waals surface area (Å²) < 4.78 is 16.5. The number of benzene rings is 1. The van der Waals surface area contributed by atoms with Crippen molar-refractivity contribution in [2.24, 2.45) is 0 Å². The molecular weight excluding hydrogens is 320 g/mol. The van der Waals surface area contributed by atoms with Crippen LogP contribution >= 0.6 is 0 Å². The SMILES string of the molecule is CCOC(=O)CC1=C[C@H](c2ccccc2)C2=C(CC(C)(C)OC2=O)O1. The van der Waals surface area contributed by atoms with E-state index in [1.54, 1.807) is 6.92 Å². The standard InChI is InChI=1S/C20H22O5/c1-4-23-17(21)11-14-10-15(13-8-6-5-7-9-13)18-16(24-14)12-20(2,3)25-19(18)22/h5-10,15H,4,11-12H2,1-3H3/t15-/m1/s1. The number of hydrogen-bond acceptors (Lipinski definition) is 5. The van der Waals surface area contributed by atoms with E-state index in [2.05, 4.69) is 0 Å². The molecule has 0 amide bonds. The first-order valence-electron chi connectivity index (χ1n) is 8.45. The van der Waals surface area contributed by atoms with Crippen molar-refractivity contribution < 1.29 is 23.8 Å². The van der Waals surface area contributed by atoms with Crippen molar-refractivity contribution in [3.63, 3.8) is 0 Å². The second-order valence-electron chi connectivity index (χ2n) is 6.77. The van der Waals surface area contributed by atoms with Gasteiger partial charge < -0.3 is 14.2 Å². The average Bonchev–Trinajstić information content (AvgIpc) is 2.53. The second kappa shape index (κ2) is 6.75. The van der Waals surface area contributed by atoms with Gasteiger partial charge in [-0.3, -0.25) is 4.79 Å². The Morgan fingerprint density at radius 1 is 1.28 bits per heavy atom. The number of cyclic esters (lactones) is 1. The fourth-order valence-corrected chi connectivity index (χ4v) is 3.16. The van der Waals surface area contributed by atoms with Gasteiger partial charge in [-0.15, -0.1) is 0 Å². The zero-order chi connectivity index (χ0) is 18.0. The van der Waals surface area contributed by atoms with Crippen molar-refractivity contribution in [3.8, 4) is 0 Å². The first kappa shape index (κ1) is 17.3. The number of carbonyl (C=O) groups excluding carboxylic acids is 2. The molecule has 132 valence electrons. The highest BCUT2D eigenvalue weighted by Crippen LogP contribution is 2.42. The minimum Gasteiger partial charge on any atom is -0.466 e. The van der Waals surface area contributed by atoms with Gasteiger partial charge in [0.2, 0.25) is 0 Å². The van der Waals surface area contributed by atoms with Crippen LogP contribution in [0, 0.1) is 0 Å². The molecule has 3 rings (SSSR count). The minimum atomic E-state index is -0.635. The average molecular weight is 342 g/mol. The van der Waals surface area contributed by atoms with Gasteiger partial charge in [0, 0.05) is 12.3 Å². The fraction of sp³-hybridized carbons (Fsp3) is 0.400. The lowest BCUT2D eigenvalue weighted by Crippen LogP contribution is -2.37. The van der Waals surface area contributed by atoms with E-state index in [1.165, 1.54) is 0 Å². The van der Waals surface area contributed by atoms with Crippen LogP contribution in [0.1, 0.15) is 45.1 Å². The molecule has 0 N–H and O–H groups in total. The molecule has 0 unspecified atom stereocenters. The van der Waals surface area contributed by atoms with Gasteiger partial charge in [-0.05, 0) is 32.4 Å². The van der Waals surface area contributed by atoms with Gasteiger partial charge in [0.15, 0.2) is 0 Å². The van der Waals surface area contributed by atoms with Crippen LogP contribution in [0.3, 0.4) is 0 Å². The molecule has 2 heterocycles. The predicted octanol–water partition coefficient (Wildman–Crippen LogP) is 3.62. The highest BCUT2D eigenvalue weighted by molar-refractivity contribution is 5.93. The Morgan fingerprint density at radius 3 is 2.68 bits per heavy atom. The molecule has 25 heavy (non-hydrogen) atoms. The summed E-state index contributed by atoms with van der Waals surface area (Å²) >= 11 is 0. The molecule has 0 saturated carbocycles. The molecule has 0 aliphatic carbocycles. The van der Waals surface area contributed by atoms with Gasteiger partial charge in [-0.1, -0.05) is 30.3 Å². The van der Waals surface area contributed by atoms with E-state index >= 15 is 0 Å². The largest absolute Gasteiger partial charge is 0.466 e. The first-order valence-corrected chi connectivity index (χ1v) is 8.45. The van der Waals surface area contributed by atoms with Gasteiger partial charge in [-0.2, -0.15) is 0 Å². The van der Waals surface area contributed by atoms with Crippen LogP contribution in [-0.2, 0) is 23.8 Å². The van der Waals surface area contributed by atoms with Gasteiger partial charge >= 0.3 is 11.9 Å². The van der Waals surface area contributed by atoms with E-state index in [0.29, 0.717) is 30.1 Å². The number of carbonyl (C=O) groups is 2. The van der Waals surface area contributed by atoms with Crippen molar-refractivity contribution in [3.05, 3.63) is 59.1 Å². The van der Waals surface area contributed by atoms with Crippen molar-refractivity contribution in [1.29, 1.82) is 0 Å². The summed E-state index contributed by atoms with van der Waals surface area (Å²) in [7, 11) is 0. The maximum absolute atomic E-state index is 12.6. The van der Waals surface area contributed by atoms with E-state index in [4.69, 9.17) is 14.2 Å². The monoisotopic (exact) mass is 342 g/mol. The van der Waals surface area contributed by atoms with Crippen LogP contribution in [-0.4, -0.2) is 24.1 Å². The normalized spacial score (nSPS) is 21.6. The number of allylic oxidation sites excluding steroid dienone is 1. The van der Waals surface area contributed by atoms with E-state index in [0.717, 1.165) is 5.56 Å². The highest BCUT2D eigenvalue weighted by atomic mass is 16.6. The first-order chi connectivity index (χ1) is 11.9. The molecule has 0 spiro atoms. The summed E-state index contributed by atoms with van der Waals surface area (Å²) in [4.78, 5) is 24.4. The fourth-order valence-electron chi connectivity index (χ4n) is 3.16. The Balaban J connectivity index is 1.98. The second-order valence-corrected chi connectivity index (χ2v) is 6.77. The molecule has 1 atom stereocenters. The minimum absolute atomic E-state index is 0.0451. The number of rotatable bonds is 4. The molecule has 5 heteroatoms. The molecule has 0 radical (unpaired) electrons. The van der Waals surface area contributed by atoms with Crippen molar-refractivity contribution in [2.45, 2.75) is 45.1 Å². The Labute approximate surface area is 147 Å². The van der Waals surface area contributed by atoms with Crippen molar-refractivity contribution >= 4 is 11.9 Å². The lowest BCUT2D eigenvalue weighted by molar-refractivity contribution is -0.155. The maximum atomic E-state index is 12.6. The summed E-state index contributed by atoms with van der Waals surface area (Å²) in [6.45, 7) is 5.78. The lowest BCUT2D eigenvalue weighted by Gasteiger charge is -2.37. The topological polar surface area (TPSA) is 61.8 Å². The van der Waals surface area contributed by atoms with Crippen LogP contribution in [0.15, 0.2) is 53.5 Å². The maximum Gasteiger partial charge on any atom is 0.338 e. The quantitative estimate of drug-likeness (QED) is 0.782. The zero-order valence-electron chi connectivity index (χ0n) is 14.7. The molecule has 1 aromatic rings. The summed E-state index contributed by atoms with van der Waals surface area (Å²) in [6, 6.07) is 9.66. The zero-order valence-corrected chi connectivity index (χ0v) is 14.7. The summed E-state index contributed by atoms with van der Waals surface area (Å²) in [5.41, 5.74) is 0.832. The van der Waals surface area contributed by atoms with E-state index in [9.17, 15) is 9.59 Å². The van der Waals surface area contributed by atoms with Crippen molar-refractivity contribution in [1.82, 2.24) is 0 Å². The number of esters is 2. The van der Waals surface area contributed by atoms with Gasteiger partial charge in [0.05, 0.1) is 12.2 Å². The Bertz CT molecular complexity index is 743. The smallest absolute Gasteiger partial charge is 0.338 e. The molecule has 2 aliphatic rings. The molecule has 0 saturated heterocycles. The van der Waals surface area contributed by atoms with E-state index in [1.807, 2.05) is 50.3 Å². The van der Waals surface area contributed by atoms with Gasteiger partial charge in [0.25, 0.3) is 0 Å². The lowest BCUT2D eigenvalue weighted by atomic mass is 9.84. The number of hydrogen-bond donors (Lipinski definition) is 0. The Morgan fingerprint density at radius 2 is 2.00 bits per heavy atom. The summed E-state index contributed by atoms with van der Waals surface area (Å²) in [6.07, 6.45) is 2.33. The number of ether oxygens (including phenoxy) is 3. The van der Waals surface area contributed by atoms with Gasteiger partial charge in [0.1, 0.15) is 23.5 Å². The Hall–Kier alpha value is -2.56. The third-order valence-electron chi connectivity index (χ3n) is 4.18. The molecule has 2 aliphatic heterocycles. The van der Waals surface area contributed by atoms with Crippen LogP contribution in [0.2, 0.25) is 0 Å². The molecule has 0 aromatic heterocycles. The third-order valence-corrected chi connectivity index (χ3v) is 4.18. The van der Waals surface area contributed by atoms with Crippen LogP contribution in [0.25, 0.3) is 0 Å². The van der Waals surface area contributed by atoms with E-state index in [-0.39, 0.29) is 24.3 Å². The predicted molar refractivity (Wildman–Crippen MR) is 91.4 cm³/mol.